The summed E-state index contributed by atoms with van der Waals surface area (Å²) in [5.74, 6) is -2.23. The molecule has 0 aromatic heterocycles. The molecule has 0 aliphatic heterocycles. The maximum atomic E-state index is 13.9. The molecule has 2 aliphatic rings. The van der Waals surface area contributed by atoms with E-state index in [1.54, 1.807) is 12.1 Å². The summed E-state index contributed by atoms with van der Waals surface area (Å²) in [6, 6.07) is 5.16. The summed E-state index contributed by atoms with van der Waals surface area (Å²) in [7, 11) is 2.75. The van der Waals surface area contributed by atoms with Gasteiger partial charge in [-0.05, 0) is 72.2 Å². The molecule has 0 saturated carbocycles. The maximum Gasteiger partial charge on any atom is 0.309 e. The van der Waals surface area contributed by atoms with Crippen LogP contribution < -0.4 is 20.1 Å². The average Bonchev–Trinajstić information content (AvgIpc) is 3.29. The molecule has 2 aromatic carbocycles. The van der Waals surface area contributed by atoms with Crippen LogP contribution in [-0.4, -0.2) is 26.0 Å². The molecule has 0 saturated heterocycles. The largest absolute Gasteiger partial charge is 0.494 e. The summed E-state index contributed by atoms with van der Waals surface area (Å²) in [4.78, 5) is 25.0. The number of nitrogens with one attached hydrogen (secondary N) is 2. The SMILES string of the molecule is COc1cc2c(cc1F)CCC2NC(=O)C(=O)NC1CCc2cc(F)c(OC)cc21. The fourth-order valence-corrected chi connectivity index (χ4v) is 4.27. The predicted molar refractivity (Wildman–Crippen MR) is 104 cm³/mol. The summed E-state index contributed by atoms with van der Waals surface area (Å²) < 4.78 is 37.8. The third-order valence-corrected chi connectivity index (χ3v) is 5.80. The second-order valence-electron chi connectivity index (χ2n) is 7.50. The lowest BCUT2D eigenvalue weighted by molar-refractivity contribution is -0.140. The summed E-state index contributed by atoms with van der Waals surface area (Å²) in [6.07, 6.45) is 2.35. The number of carbonyl (C=O) groups excluding carboxylic acids is 2. The minimum Gasteiger partial charge on any atom is -0.494 e. The van der Waals surface area contributed by atoms with Gasteiger partial charge in [-0.15, -0.1) is 0 Å². The van der Waals surface area contributed by atoms with Gasteiger partial charge in [0.25, 0.3) is 0 Å². The van der Waals surface area contributed by atoms with E-state index in [0.717, 1.165) is 22.3 Å². The Bertz CT molecular complexity index is 943. The van der Waals surface area contributed by atoms with Gasteiger partial charge in [-0.1, -0.05) is 0 Å². The Morgan fingerprint density at radius 1 is 0.800 bits per heavy atom. The molecule has 6 nitrogen and oxygen atoms in total. The highest BCUT2D eigenvalue weighted by Crippen LogP contribution is 2.36. The predicted octanol–water partition coefficient (Wildman–Crippen LogP) is 2.89. The molecular weight excluding hydrogens is 394 g/mol. The molecule has 2 aliphatic carbocycles. The second kappa shape index (κ2) is 7.93. The Labute approximate surface area is 172 Å². The van der Waals surface area contributed by atoms with Crippen LogP contribution in [0.25, 0.3) is 0 Å². The van der Waals surface area contributed by atoms with Gasteiger partial charge in [0, 0.05) is 0 Å². The van der Waals surface area contributed by atoms with Crippen molar-refractivity contribution in [3.05, 3.63) is 58.2 Å². The zero-order chi connectivity index (χ0) is 21.4. The number of ether oxygens (including phenoxy) is 2. The summed E-state index contributed by atoms with van der Waals surface area (Å²) in [5.41, 5.74) is 3.08. The van der Waals surface area contributed by atoms with Gasteiger partial charge in [0.2, 0.25) is 0 Å². The van der Waals surface area contributed by atoms with Crippen LogP contribution in [0.15, 0.2) is 24.3 Å². The molecule has 0 bridgehead atoms. The van der Waals surface area contributed by atoms with E-state index >= 15 is 0 Å². The Morgan fingerprint density at radius 3 is 1.57 bits per heavy atom. The third-order valence-electron chi connectivity index (χ3n) is 5.80. The fourth-order valence-electron chi connectivity index (χ4n) is 4.27. The first-order valence-corrected chi connectivity index (χ1v) is 9.75. The third kappa shape index (κ3) is 3.58. The lowest BCUT2D eigenvalue weighted by Crippen LogP contribution is -2.42. The number of aryl methyl sites for hydroxylation is 2. The van der Waals surface area contributed by atoms with Gasteiger partial charge in [-0.2, -0.15) is 0 Å². The molecule has 0 radical (unpaired) electrons. The number of hydrogen-bond donors (Lipinski definition) is 2. The van der Waals surface area contributed by atoms with E-state index < -0.39 is 35.5 Å². The summed E-state index contributed by atoms with van der Waals surface area (Å²) >= 11 is 0. The molecular formula is C22H22F2N2O4. The van der Waals surface area contributed by atoms with Crippen molar-refractivity contribution in [3.63, 3.8) is 0 Å². The molecule has 158 valence electrons. The van der Waals surface area contributed by atoms with Crippen molar-refractivity contribution in [1.82, 2.24) is 10.6 Å². The average molecular weight is 416 g/mol. The van der Waals surface area contributed by atoms with Crippen LogP contribution in [0.1, 0.15) is 47.2 Å². The minimum absolute atomic E-state index is 0.100. The molecule has 2 N–H and O–H groups in total. The highest BCUT2D eigenvalue weighted by Gasteiger charge is 2.31. The first-order valence-electron chi connectivity index (χ1n) is 9.75. The van der Waals surface area contributed by atoms with Gasteiger partial charge in [0.05, 0.1) is 26.3 Å². The van der Waals surface area contributed by atoms with Gasteiger partial charge < -0.3 is 20.1 Å². The molecule has 2 amide bonds. The first-order chi connectivity index (χ1) is 14.4. The zero-order valence-electron chi connectivity index (χ0n) is 16.7. The number of fused-ring (bicyclic) bond motifs is 2. The van der Waals surface area contributed by atoms with Gasteiger partial charge in [0.1, 0.15) is 0 Å². The van der Waals surface area contributed by atoms with E-state index in [-0.39, 0.29) is 11.5 Å². The van der Waals surface area contributed by atoms with E-state index in [0.29, 0.717) is 25.7 Å². The summed E-state index contributed by atoms with van der Waals surface area (Å²) in [5, 5.41) is 5.44. The molecule has 4 rings (SSSR count). The van der Waals surface area contributed by atoms with Gasteiger partial charge >= 0.3 is 11.8 Å². The molecule has 2 aromatic rings. The molecule has 30 heavy (non-hydrogen) atoms. The van der Waals surface area contributed by atoms with Crippen molar-refractivity contribution < 1.29 is 27.8 Å². The maximum absolute atomic E-state index is 13.9. The Kier molecular flexibility index (Phi) is 5.32. The van der Waals surface area contributed by atoms with Crippen LogP contribution in [0.4, 0.5) is 8.78 Å². The lowest BCUT2D eigenvalue weighted by atomic mass is 10.1. The topological polar surface area (TPSA) is 76.7 Å². The van der Waals surface area contributed by atoms with Crippen molar-refractivity contribution in [3.8, 4) is 11.5 Å². The van der Waals surface area contributed by atoms with E-state index in [1.807, 2.05) is 0 Å². The van der Waals surface area contributed by atoms with Gasteiger partial charge in [-0.3, -0.25) is 9.59 Å². The lowest BCUT2D eigenvalue weighted by Gasteiger charge is -2.18. The van der Waals surface area contributed by atoms with Crippen LogP contribution in [0.5, 0.6) is 11.5 Å². The van der Waals surface area contributed by atoms with E-state index in [1.165, 1.54) is 26.4 Å². The summed E-state index contributed by atoms with van der Waals surface area (Å²) in [6.45, 7) is 0. The second-order valence-corrected chi connectivity index (χ2v) is 7.50. The number of rotatable bonds is 4. The molecule has 8 heteroatoms. The van der Waals surface area contributed by atoms with Crippen molar-refractivity contribution in [2.75, 3.05) is 14.2 Å². The number of halogens is 2. The van der Waals surface area contributed by atoms with Gasteiger partial charge in [-0.25, -0.2) is 8.78 Å². The highest BCUT2D eigenvalue weighted by molar-refractivity contribution is 6.35. The zero-order valence-corrected chi connectivity index (χ0v) is 16.7. The molecule has 2 unspecified atom stereocenters. The molecule has 0 heterocycles. The fraction of sp³-hybridized carbons (Fsp3) is 0.364. The van der Waals surface area contributed by atoms with E-state index in [2.05, 4.69) is 10.6 Å². The number of benzene rings is 2. The minimum atomic E-state index is -0.765. The monoisotopic (exact) mass is 416 g/mol. The first kappa shape index (κ1) is 20.1. The molecule has 0 spiro atoms. The Morgan fingerprint density at radius 2 is 1.20 bits per heavy atom. The highest BCUT2D eigenvalue weighted by atomic mass is 19.1. The van der Waals surface area contributed by atoms with Crippen molar-refractivity contribution in [1.29, 1.82) is 0 Å². The van der Waals surface area contributed by atoms with Crippen molar-refractivity contribution in [2.45, 2.75) is 37.8 Å². The number of carbonyl (C=O) groups is 2. The Balaban J connectivity index is 1.44. The van der Waals surface area contributed by atoms with Crippen molar-refractivity contribution in [2.24, 2.45) is 0 Å². The van der Waals surface area contributed by atoms with Gasteiger partial charge in [0.15, 0.2) is 23.1 Å². The molecule has 2 atom stereocenters. The smallest absolute Gasteiger partial charge is 0.309 e. The normalized spacial score (nSPS) is 19.1. The number of hydrogen-bond acceptors (Lipinski definition) is 4. The van der Waals surface area contributed by atoms with Crippen LogP contribution in [0.3, 0.4) is 0 Å². The number of methoxy groups -OCH3 is 2. The molecule has 0 fully saturated rings. The Hall–Kier alpha value is -3.16. The van der Waals surface area contributed by atoms with Crippen LogP contribution in [0.2, 0.25) is 0 Å². The van der Waals surface area contributed by atoms with Crippen LogP contribution >= 0.6 is 0 Å². The van der Waals surface area contributed by atoms with Crippen molar-refractivity contribution >= 4 is 11.8 Å². The standard InChI is InChI=1S/C22H22F2N2O4/c1-29-19-9-13-11(7-15(19)23)3-5-17(13)25-21(27)22(28)26-18-6-4-12-8-16(24)20(30-2)10-14(12)18/h7-10,17-18H,3-6H2,1-2H3,(H,25,27)(H,26,28). The number of amides is 2. The van der Waals surface area contributed by atoms with Crippen LogP contribution in [0, 0.1) is 11.6 Å². The van der Waals surface area contributed by atoms with E-state index in [9.17, 15) is 18.4 Å². The quantitative estimate of drug-likeness (QED) is 0.752. The van der Waals surface area contributed by atoms with Crippen LogP contribution in [-0.2, 0) is 22.4 Å². The van der Waals surface area contributed by atoms with E-state index in [4.69, 9.17) is 9.47 Å².